The van der Waals surface area contributed by atoms with Gasteiger partial charge >= 0.3 is 17.9 Å². The molecule has 0 fully saturated rings. The zero-order valence-corrected chi connectivity index (χ0v) is 15.0. The Balaban J connectivity index is 0.000000271. The topological polar surface area (TPSA) is 118 Å². The monoisotopic (exact) mass is 372 g/mol. The SMILES string of the molecule is CCOC(=O)C(=O)Cc1ccccc1.Cc1c(C(=O)O)cccc1C(=O)O. The highest BCUT2D eigenvalue weighted by atomic mass is 16.5. The van der Waals surface area contributed by atoms with Crippen LogP contribution in [0.15, 0.2) is 48.5 Å². The third-order valence-electron chi connectivity index (χ3n) is 3.51. The summed E-state index contributed by atoms with van der Waals surface area (Å²) in [6, 6.07) is 13.3. The molecule has 0 aliphatic carbocycles. The molecule has 0 bridgehead atoms. The molecule has 2 aromatic carbocycles. The lowest BCUT2D eigenvalue weighted by molar-refractivity contribution is -0.153. The van der Waals surface area contributed by atoms with Gasteiger partial charge in [0.05, 0.1) is 17.7 Å². The van der Waals surface area contributed by atoms with E-state index in [0.29, 0.717) is 0 Å². The second-order valence-electron chi connectivity index (χ2n) is 5.39. The summed E-state index contributed by atoms with van der Waals surface area (Å²) in [6.45, 7) is 3.39. The van der Waals surface area contributed by atoms with Gasteiger partial charge in [-0.2, -0.15) is 0 Å². The van der Waals surface area contributed by atoms with Crippen molar-refractivity contribution in [2.75, 3.05) is 6.61 Å². The molecule has 0 saturated heterocycles. The number of hydrogen-bond acceptors (Lipinski definition) is 5. The van der Waals surface area contributed by atoms with E-state index < -0.39 is 23.7 Å². The predicted molar refractivity (Wildman–Crippen MR) is 96.9 cm³/mol. The van der Waals surface area contributed by atoms with Crippen LogP contribution < -0.4 is 0 Å². The van der Waals surface area contributed by atoms with Gasteiger partial charge in [0, 0.05) is 6.42 Å². The maximum atomic E-state index is 11.2. The van der Waals surface area contributed by atoms with Crippen molar-refractivity contribution in [2.24, 2.45) is 0 Å². The van der Waals surface area contributed by atoms with Gasteiger partial charge in [0.2, 0.25) is 5.78 Å². The number of carboxylic acids is 2. The smallest absolute Gasteiger partial charge is 0.374 e. The van der Waals surface area contributed by atoms with Crippen LogP contribution in [0.25, 0.3) is 0 Å². The largest absolute Gasteiger partial charge is 0.478 e. The summed E-state index contributed by atoms with van der Waals surface area (Å²) in [6.07, 6.45) is 0.111. The number of Topliss-reactive ketones (excluding diaryl/α,β-unsaturated/α-hetero) is 1. The maximum absolute atomic E-state index is 11.2. The van der Waals surface area contributed by atoms with Crippen LogP contribution in [0.1, 0.15) is 38.8 Å². The molecule has 0 aliphatic rings. The minimum atomic E-state index is -1.11. The van der Waals surface area contributed by atoms with Gasteiger partial charge < -0.3 is 14.9 Å². The van der Waals surface area contributed by atoms with Crippen LogP contribution in [-0.4, -0.2) is 40.5 Å². The number of ketones is 1. The molecule has 0 heterocycles. The summed E-state index contributed by atoms with van der Waals surface area (Å²) < 4.78 is 4.59. The first kappa shape index (κ1) is 21.6. The van der Waals surface area contributed by atoms with Crippen LogP contribution in [0.4, 0.5) is 0 Å². The number of carbonyl (C=O) groups excluding carboxylic acids is 2. The Morgan fingerprint density at radius 2 is 1.37 bits per heavy atom. The minimum Gasteiger partial charge on any atom is -0.478 e. The number of aromatic carboxylic acids is 2. The van der Waals surface area contributed by atoms with Gasteiger partial charge in [0.1, 0.15) is 0 Å². The Bertz CT molecular complexity index is 793. The summed E-state index contributed by atoms with van der Waals surface area (Å²) >= 11 is 0. The average Bonchev–Trinajstić information content (AvgIpc) is 2.63. The highest BCUT2D eigenvalue weighted by Crippen LogP contribution is 2.13. The summed E-state index contributed by atoms with van der Waals surface area (Å²) in [5.41, 5.74) is 1.16. The van der Waals surface area contributed by atoms with Crippen molar-refractivity contribution in [2.45, 2.75) is 20.3 Å². The van der Waals surface area contributed by atoms with E-state index in [1.54, 1.807) is 19.1 Å². The summed E-state index contributed by atoms with van der Waals surface area (Å²) in [4.78, 5) is 43.4. The summed E-state index contributed by atoms with van der Waals surface area (Å²) in [5.74, 6) is -3.48. The molecule has 0 aromatic heterocycles. The number of ether oxygens (including phenoxy) is 1. The molecular formula is C20H20O7. The Morgan fingerprint density at radius 1 is 0.852 bits per heavy atom. The lowest BCUT2D eigenvalue weighted by atomic mass is 10.0. The molecule has 142 valence electrons. The molecule has 0 radical (unpaired) electrons. The van der Waals surface area contributed by atoms with Crippen molar-refractivity contribution in [1.29, 1.82) is 0 Å². The molecule has 0 unspecified atom stereocenters. The van der Waals surface area contributed by atoms with Crippen molar-refractivity contribution in [3.05, 3.63) is 70.8 Å². The van der Waals surface area contributed by atoms with Gasteiger partial charge in [-0.3, -0.25) is 4.79 Å². The van der Waals surface area contributed by atoms with E-state index in [-0.39, 0.29) is 29.7 Å². The summed E-state index contributed by atoms with van der Waals surface area (Å²) in [7, 11) is 0. The molecular weight excluding hydrogens is 352 g/mol. The average molecular weight is 372 g/mol. The molecule has 0 atom stereocenters. The molecule has 0 saturated carbocycles. The van der Waals surface area contributed by atoms with Gasteiger partial charge in [-0.15, -0.1) is 0 Å². The van der Waals surface area contributed by atoms with Gasteiger partial charge in [0.15, 0.2) is 0 Å². The quantitative estimate of drug-likeness (QED) is 0.591. The van der Waals surface area contributed by atoms with Gasteiger partial charge in [-0.25, -0.2) is 14.4 Å². The van der Waals surface area contributed by atoms with Crippen LogP contribution in [0.5, 0.6) is 0 Å². The van der Waals surface area contributed by atoms with E-state index in [2.05, 4.69) is 4.74 Å². The third kappa shape index (κ3) is 6.74. The summed E-state index contributed by atoms with van der Waals surface area (Å²) in [5, 5.41) is 17.4. The van der Waals surface area contributed by atoms with Gasteiger partial charge in [0.25, 0.3) is 0 Å². The fourth-order valence-electron chi connectivity index (χ4n) is 2.16. The van der Waals surface area contributed by atoms with Crippen molar-refractivity contribution in [3.63, 3.8) is 0 Å². The number of carboxylic acid groups (broad SMARTS) is 2. The number of rotatable bonds is 6. The number of benzene rings is 2. The third-order valence-corrected chi connectivity index (χ3v) is 3.51. The minimum absolute atomic E-state index is 0.0277. The molecule has 2 rings (SSSR count). The second kappa shape index (κ2) is 10.5. The molecule has 0 amide bonds. The highest BCUT2D eigenvalue weighted by molar-refractivity contribution is 6.34. The van der Waals surface area contributed by atoms with Crippen molar-refractivity contribution >= 4 is 23.7 Å². The van der Waals surface area contributed by atoms with Gasteiger partial charge in [-0.1, -0.05) is 36.4 Å². The maximum Gasteiger partial charge on any atom is 0.374 e. The van der Waals surface area contributed by atoms with Crippen molar-refractivity contribution in [1.82, 2.24) is 0 Å². The molecule has 7 nitrogen and oxygen atoms in total. The predicted octanol–water partition coefficient (Wildman–Crippen LogP) is 2.75. The standard InChI is InChI=1S/C11H12O3.C9H8O4/c1-2-14-11(13)10(12)8-9-6-4-3-5-7-9;1-5-6(8(10)11)3-2-4-7(5)9(12)13/h3-7H,2,8H2,1H3;2-4H,1H3,(H,10,11)(H,12,13). The van der Waals surface area contributed by atoms with Gasteiger partial charge in [-0.05, 0) is 37.1 Å². The van der Waals surface area contributed by atoms with Crippen molar-refractivity contribution in [3.8, 4) is 0 Å². The fraction of sp³-hybridized carbons (Fsp3) is 0.200. The highest BCUT2D eigenvalue weighted by Gasteiger charge is 2.15. The first-order valence-corrected chi connectivity index (χ1v) is 8.08. The van der Waals surface area contributed by atoms with E-state index in [1.807, 2.05) is 18.2 Å². The molecule has 2 N–H and O–H groups in total. The Hall–Kier alpha value is -3.48. The lowest BCUT2D eigenvalue weighted by Gasteiger charge is -2.03. The van der Waals surface area contributed by atoms with Crippen molar-refractivity contribution < 1.29 is 34.1 Å². The number of esters is 1. The van der Waals surface area contributed by atoms with E-state index >= 15 is 0 Å². The van der Waals surface area contributed by atoms with Crippen LogP contribution in [0.2, 0.25) is 0 Å². The zero-order valence-electron chi connectivity index (χ0n) is 15.0. The van der Waals surface area contributed by atoms with Crippen LogP contribution in [0.3, 0.4) is 0 Å². The van der Waals surface area contributed by atoms with E-state index in [4.69, 9.17) is 10.2 Å². The second-order valence-corrected chi connectivity index (χ2v) is 5.39. The fourth-order valence-corrected chi connectivity index (χ4v) is 2.16. The Labute approximate surface area is 156 Å². The first-order chi connectivity index (χ1) is 12.8. The first-order valence-electron chi connectivity index (χ1n) is 8.08. The zero-order chi connectivity index (χ0) is 20.4. The van der Waals surface area contributed by atoms with Crippen LogP contribution >= 0.6 is 0 Å². The lowest BCUT2D eigenvalue weighted by Crippen LogP contribution is -2.19. The number of carbonyl (C=O) groups is 4. The number of hydrogen-bond donors (Lipinski definition) is 2. The molecule has 0 aliphatic heterocycles. The molecule has 27 heavy (non-hydrogen) atoms. The van der Waals surface area contributed by atoms with Crippen LogP contribution in [0, 0.1) is 6.92 Å². The Morgan fingerprint density at radius 3 is 1.81 bits per heavy atom. The van der Waals surface area contributed by atoms with E-state index in [9.17, 15) is 19.2 Å². The van der Waals surface area contributed by atoms with Crippen LogP contribution in [-0.2, 0) is 20.7 Å². The molecule has 7 heteroatoms. The molecule has 0 spiro atoms. The normalized spacial score (nSPS) is 9.56. The van der Waals surface area contributed by atoms with E-state index in [0.717, 1.165) is 5.56 Å². The van der Waals surface area contributed by atoms with E-state index in [1.165, 1.54) is 25.1 Å². The Kier molecular flexibility index (Phi) is 8.38. The molecule has 2 aromatic rings.